The summed E-state index contributed by atoms with van der Waals surface area (Å²) in [5.41, 5.74) is 1.53. The van der Waals surface area contributed by atoms with Crippen LogP contribution < -0.4 is 5.32 Å². The van der Waals surface area contributed by atoms with Crippen LogP contribution in [0.1, 0.15) is 39.6 Å². The summed E-state index contributed by atoms with van der Waals surface area (Å²) < 4.78 is 5.08. The number of carbonyl (C=O) groups is 4. The van der Waals surface area contributed by atoms with Gasteiger partial charge in [0.05, 0.1) is 29.2 Å². The van der Waals surface area contributed by atoms with Gasteiger partial charge in [-0.1, -0.05) is 12.1 Å². The zero-order valence-corrected chi connectivity index (χ0v) is 15.5. The van der Waals surface area contributed by atoms with E-state index in [4.69, 9.17) is 10.00 Å². The molecule has 3 rings (SSSR count). The van der Waals surface area contributed by atoms with E-state index in [0.717, 1.165) is 4.90 Å². The van der Waals surface area contributed by atoms with Crippen molar-refractivity contribution in [3.8, 4) is 6.07 Å². The second-order valence-corrected chi connectivity index (χ2v) is 6.37. The van der Waals surface area contributed by atoms with Crippen LogP contribution in [0.4, 0.5) is 5.69 Å². The van der Waals surface area contributed by atoms with Crippen LogP contribution in [-0.4, -0.2) is 41.2 Å². The highest BCUT2D eigenvalue weighted by Crippen LogP contribution is 2.22. The predicted octanol–water partition coefficient (Wildman–Crippen LogP) is 2.11. The largest absolute Gasteiger partial charge is 0.452 e. The fraction of sp³-hybridized carbons (Fsp3) is 0.190. The number of anilines is 1. The van der Waals surface area contributed by atoms with Crippen molar-refractivity contribution in [2.75, 3.05) is 11.9 Å². The molecule has 1 aliphatic rings. The predicted molar refractivity (Wildman–Crippen MR) is 102 cm³/mol. The highest BCUT2D eigenvalue weighted by molar-refractivity contribution is 6.21. The molecule has 1 aliphatic heterocycles. The number of carbonyl (C=O) groups excluding carboxylic acids is 4. The summed E-state index contributed by atoms with van der Waals surface area (Å²) in [5.74, 6) is -2.15. The van der Waals surface area contributed by atoms with Crippen LogP contribution in [0.25, 0.3) is 0 Å². The zero-order valence-electron chi connectivity index (χ0n) is 15.5. The van der Waals surface area contributed by atoms with Gasteiger partial charge in [-0.25, -0.2) is 0 Å². The molecule has 2 aromatic carbocycles. The number of ether oxygens (including phenoxy) is 1. The normalized spacial score (nSPS) is 13.4. The minimum Gasteiger partial charge on any atom is -0.452 e. The minimum atomic E-state index is -1.07. The molecule has 0 bridgehead atoms. The van der Waals surface area contributed by atoms with Crippen molar-refractivity contribution in [1.82, 2.24) is 4.90 Å². The van der Waals surface area contributed by atoms with Gasteiger partial charge in [-0.2, -0.15) is 5.26 Å². The summed E-state index contributed by atoms with van der Waals surface area (Å²) in [6, 6.07) is 14.6. The van der Waals surface area contributed by atoms with Crippen molar-refractivity contribution in [2.45, 2.75) is 19.4 Å². The van der Waals surface area contributed by atoms with Crippen molar-refractivity contribution in [2.24, 2.45) is 0 Å². The van der Waals surface area contributed by atoms with Gasteiger partial charge in [0.25, 0.3) is 17.7 Å². The molecule has 0 unspecified atom stereocenters. The molecule has 0 aliphatic carbocycles. The van der Waals surface area contributed by atoms with Crippen molar-refractivity contribution < 1.29 is 23.9 Å². The fourth-order valence-corrected chi connectivity index (χ4v) is 2.83. The molecule has 0 fully saturated rings. The minimum absolute atomic E-state index is 0.130. The Morgan fingerprint density at radius 2 is 1.66 bits per heavy atom. The molecule has 0 aromatic heterocycles. The molecule has 0 radical (unpaired) electrons. The van der Waals surface area contributed by atoms with E-state index in [-0.39, 0.29) is 13.0 Å². The Hall–Kier alpha value is -3.99. The van der Waals surface area contributed by atoms with Gasteiger partial charge in [-0.15, -0.1) is 0 Å². The maximum absolute atomic E-state index is 12.3. The molecule has 146 valence electrons. The Kier molecular flexibility index (Phi) is 5.69. The average Bonchev–Trinajstić information content (AvgIpc) is 2.97. The number of rotatable bonds is 6. The van der Waals surface area contributed by atoms with Crippen LogP contribution in [0.5, 0.6) is 0 Å². The Bertz CT molecular complexity index is 988. The quantitative estimate of drug-likeness (QED) is 0.595. The third kappa shape index (κ3) is 4.30. The third-order valence-corrected chi connectivity index (χ3v) is 4.38. The maximum atomic E-state index is 12.3. The lowest BCUT2D eigenvalue weighted by Gasteiger charge is -2.16. The van der Waals surface area contributed by atoms with Crippen LogP contribution in [0.15, 0.2) is 48.5 Å². The molecule has 8 heteroatoms. The van der Waals surface area contributed by atoms with E-state index in [1.165, 1.54) is 6.92 Å². The summed E-state index contributed by atoms with van der Waals surface area (Å²) in [5, 5.41) is 11.3. The second-order valence-electron chi connectivity index (χ2n) is 6.37. The van der Waals surface area contributed by atoms with Gasteiger partial charge in [0.1, 0.15) is 0 Å². The molecule has 8 nitrogen and oxygen atoms in total. The lowest BCUT2D eigenvalue weighted by Crippen LogP contribution is -2.34. The van der Waals surface area contributed by atoms with Gasteiger partial charge in [0.2, 0.25) is 0 Å². The summed E-state index contributed by atoms with van der Waals surface area (Å²) in [6.45, 7) is 1.29. The number of hydrogen-bond donors (Lipinski definition) is 1. The van der Waals surface area contributed by atoms with Gasteiger partial charge < -0.3 is 10.1 Å². The van der Waals surface area contributed by atoms with Crippen molar-refractivity contribution in [1.29, 1.82) is 5.26 Å². The van der Waals surface area contributed by atoms with E-state index in [1.807, 2.05) is 6.07 Å². The first-order valence-electron chi connectivity index (χ1n) is 8.86. The highest BCUT2D eigenvalue weighted by Gasteiger charge is 2.35. The van der Waals surface area contributed by atoms with Crippen LogP contribution in [0, 0.1) is 11.3 Å². The summed E-state index contributed by atoms with van der Waals surface area (Å²) in [6.07, 6.45) is -1.29. The SMILES string of the molecule is C[C@H](OC(=O)CCN1C(=O)c2ccccc2C1=O)C(=O)Nc1ccc(C#N)cc1. The Labute approximate surface area is 166 Å². The van der Waals surface area contributed by atoms with Crippen LogP contribution in [0.3, 0.4) is 0 Å². The molecule has 3 amide bonds. The summed E-state index contributed by atoms with van der Waals surface area (Å²) >= 11 is 0. The first-order valence-corrected chi connectivity index (χ1v) is 8.86. The van der Waals surface area contributed by atoms with Crippen molar-refractivity contribution in [3.05, 3.63) is 65.2 Å². The summed E-state index contributed by atoms with van der Waals surface area (Å²) in [4.78, 5) is 49.7. The first-order chi connectivity index (χ1) is 13.9. The van der Waals surface area contributed by atoms with Gasteiger partial charge >= 0.3 is 5.97 Å². The van der Waals surface area contributed by atoms with Gasteiger partial charge in [0, 0.05) is 12.2 Å². The standard InChI is InChI=1S/C21H17N3O5/c1-13(19(26)23-15-8-6-14(12-22)7-9-15)29-18(25)10-11-24-20(27)16-4-2-3-5-17(16)21(24)28/h2-9,13H,10-11H2,1H3,(H,23,26)/t13-/m0/s1. The number of hydrogen-bond acceptors (Lipinski definition) is 6. The first kappa shape index (κ1) is 19.8. The van der Waals surface area contributed by atoms with Crippen LogP contribution in [-0.2, 0) is 14.3 Å². The molecule has 2 aromatic rings. The fourth-order valence-electron chi connectivity index (χ4n) is 2.83. The smallest absolute Gasteiger partial charge is 0.308 e. The van der Waals surface area contributed by atoms with E-state index >= 15 is 0 Å². The van der Waals surface area contributed by atoms with Gasteiger partial charge in [0.15, 0.2) is 6.10 Å². The van der Waals surface area contributed by atoms with E-state index in [0.29, 0.717) is 22.4 Å². The van der Waals surface area contributed by atoms with Crippen molar-refractivity contribution in [3.63, 3.8) is 0 Å². The van der Waals surface area contributed by atoms with E-state index in [2.05, 4.69) is 5.32 Å². The second kappa shape index (κ2) is 8.35. The molecule has 1 heterocycles. The molecule has 0 saturated heterocycles. The van der Waals surface area contributed by atoms with Crippen LogP contribution in [0.2, 0.25) is 0 Å². The number of nitrogens with one attached hydrogen (secondary N) is 1. The monoisotopic (exact) mass is 391 g/mol. The molecular formula is C21H17N3O5. The van der Waals surface area contributed by atoms with E-state index in [9.17, 15) is 19.2 Å². The molecule has 29 heavy (non-hydrogen) atoms. The Morgan fingerprint density at radius 3 is 2.21 bits per heavy atom. The molecule has 1 N–H and O–H groups in total. The number of esters is 1. The molecule has 1 atom stereocenters. The lowest BCUT2D eigenvalue weighted by molar-refractivity contribution is -0.153. The van der Waals surface area contributed by atoms with Crippen molar-refractivity contribution >= 4 is 29.4 Å². The van der Waals surface area contributed by atoms with Gasteiger partial charge in [-0.3, -0.25) is 24.1 Å². The number of imide groups is 1. The topological polar surface area (TPSA) is 117 Å². The third-order valence-electron chi connectivity index (χ3n) is 4.38. The Balaban J connectivity index is 1.50. The molecule has 0 saturated carbocycles. The number of amides is 3. The lowest BCUT2D eigenvalue weighted by atomic mass is 10.1. The highest BCUT2D eigenvalue weighted by atomic mass is 16.5. The Morgan fingerprint density at radius 1 is 1.07 bits per heavy atom. The molecular weight excluding hydrogens is 374 g/mol. The number of benzene rings is 2. The van der Waals surface area contributed by atoms with E-state index in [1.54, 1.807) is 48.5 Å². The van der Waals surface area contributed by atoms with Gasteiger partial charge in [-0.05, 0) is 43.3 Å². The number of fused-ring (bicyclic) bond motifs is 1. The molecule has 0 spiro atoms. The maximum Gasteiger partial charge on any atom is 0.308 e. The average molecular weight is 391 g/mol. The number of nitriles is 1. The zero-order chi connectivity index (χ0) is 21.0. The van der Waals surface area contributed by atoms with E-state index < -0.39 is 29.8 Å². The van der Waals surface area contributed by atoms with Crippen LogP contribution >= 0.6 is 0 Å². The number of nitrogens with zero attached hydrogens (tertiary/aromatic N) is 2. The summed E-state index contributed by atoms with van der Waals surface area (Å²) in [7, 11) is 0.